The van der Waals surface area contributed by atoms with Crippen molar-refractivity contribution in [2.24, 2.45) is 5.10 Å². The highest BCUT2D eigenvalue weighted by Crippen LogP contribution is 2.37. The number of aliphatic hydroxyl groups is 1. The number of nitrogens with one attached hydrogen (secondary N) is 1. The maximum Gasteiger partial charge on any atom is 0.294 e. The first-order valence-corrected chi connectivity index (χ1v) is 7.95. The lowest BCUT2D eigenvalue weighted by Crippen LogP contribution is -2.51. The second-order valence-electron chi connectivity index (χ2n) is 6.10. The number of hydrogen-bond donors (Lipinski definition) is 2. The first-order valence-electron chi connectivity index (χ1n) is 7.95. The van der Waals surface area contributed by atoms with E-state index in [9.17, 15) is 27.5 Å². The standard InChI is InChI=1S/C16H12F4N4O4/c17-13(18)10-5-16(26,15(19)20)24(23-10)14(25)9-4-8(21-22-9)7-1-2-11-12(3-7)28-6-27-11/h1-4,13,15,26H,5-6H2,(H,21,22)/t16-/m0/s1. The van der Waals surface area contributed by atoms with Crippen molar-refractivity contribution in [3.8, 4) is 22.8 Å². The van der Waals surface area contributed by atoms with Gasteiger partial charge in [-0.15, -0.1) is 0 Å². The lowest BCUT2D eigenvalue weighted by Gasteiger charge is -2.29. The minimum Gasteiger partial charge on any atom is -0.454 e. The van der Waals surface area contributed by atoms with Gasteiger partial charge in [0.1, 0.15) is 11.4 Å². The average molecular weight is 400 g/mol. The fraction of sp³-hybridized carbons (Fsp3) is 0.312. The molecule has 0 saturated carbocycles. The quantitative estimate of drug-likeness (QED) is 0.767. The monoisotopic (exact) mass is 400 g/mol. The number of hydrazone groups is 1. The fourth-order valence-corrected chi connectivity index (χ4v) is 2.85. The van der Waals surface area contributed by atoms with Gasteiger partial charge in [0.15, 0.2) is 11.5 Å². The number of nitrogens with zero attached hydrogens (tertiary/aromatic N) is 3. The number of benzene rings is 1. The van der Waals surface area contributed by atoms with E-state index in [4.69, 9.17) is 9.47 Å². The van der Waals surface area contributed by atoms with E-state index in [0.717, 1.165) is 0 Å². The third-order valence-electron chi connectivity index (χ3n) is 4.31. The average Bonchev–Trinajstić information content (AvgIpc) is 3.38. The summed E-state index contributed by atoms with van der Waals surface area (Å²) in [5, 5.41) is 19.5. The second-order valence-corrected chi connectivity index (χ2v) is 6.10. The maximum absolute atomic E-state index is 13.3. The molecule has 4 rings (SSSR count). The zero-order valence-electron chi connectivity index (χ0n) is 13.9. The molecule has 0 aliphatic carbocycles. The summed E-state index contributed by atoms with van der Waals surface area (Å²) in [5.74, 6) is -0.229. The Kier molecular flexibility index (Phi) is 4.22. The van der Waals surface area contributed by atoms with Gasteiger partial charge < -0.3 is 14.6 Å². The van der Waals surface area contributed by atoms with E-state index < -0.39 is 36.6 Å². The lowest BCUT2D eigenvalue weighted by atomic mass is 10.1. The van der Waals surface area contributed by atoms with Crippen LogP contribution in [-0.2, 0) is 0 Å². The normalized spacial score (nSPS) is 21.0. The van der Waals surface area contributed by atoms with Crippen molar-refractivity contribution in [3.63, 3.8) is 0 Å². The highest BCUT2D eigenvalue weighted by Gasteiger charge is 2.53. The van der Waals surface area contributed by atoms with Crippen LogP contribution in [0.15, 0.2) is 29.4 Å². The summed E-state index contributed by atoms with van der Waals surface area (Å²) in [4.78, 5) is 12.5. The molecule has 8 nitrogen and oxygen atoms in total. The minimum absolute atomic E-state index is 0.0316. The Balaban J connectivity index is 1.63. The number of carbonyl (C=O) groups is 1. The van der Waals surface area contributed by atoms with Crippen LogP contribution in [0.25, 0.3) is 11.3 Å². The van der Waals surface area contributed by atoms with Crippen molar-refractivity contribution in [1.82, 2.24) is 15.2 Å². The number of hydrogen-bond acceptors (Lipinski definition) is 6. The Labute approximate surface area is 154 Å². The van der Waals surface area contributed by atoms with Crippen molar-refractivity contribution in [2.75, 3.05) is 6.79 Å². The summed E-state index contributed by atoms with van der Waals surface area (Å²) in [7, 11) is 0. The van der Waals surface area contributed by atoms with Crippen LogP contribution in [0.1, 0.15) is 16.9 Å². The number of rotatable bonds is 4. The van der Waals surface area contributed by atoms with Gasteiger partial charge in [-0.1, -0.05) is 0 Å². The molecule has 1 aromatic heterocycles. The molecule has 28 heavy (non-hydrogen) atoms. The van der Waals surface area contributed by atoms with E-state index in [2.05, 4.69) is 15.3 Å². The van der Waals surface area contributed by atoms with E-state index in [-0.39, 0.29) is 23.2 Å². The lowest BCUT2D eigenvalue weighted by molar-refractivity contribution is -0.164. The highest BCUT2D eigenvalue weighted by molar-refractivity contribution is 5.98. The summed E-state index contributed by atoms with van der Waals surface area (Å²) >= 11 is 0. The van der Waals surface area contributed by atoms with Crippen molar-refractivity contribution in [1.29, 1.82) is 0 Å². The third kappa shape index (κ3) is 2.85. The van der Waals surface area contributed by atoms with Crippen LogP contribution in [0, 0.1) is 0 Å². The van der Waals surface area contributed by atoms with E-state index >= 15 is 0 Å². The highest BCUT2D eigenvalue weighted by atomic mass is 19.3. The van der Waals surface area contributed by atoms with E-state index in [1.54, 1.807) is 18.2 Å². The number of ether oxygens (including phenoxy) is 2. The van der Waals surface area contributed by atoms with Crippen LogP contribution < -0.4 is 9.47 Å². The zero-order chi connectivity index (χ0) is 20.1. The number of halogens is 4. The van der Waals surface area contributed by atoms with Crippen LogP contribution in [0.2, 0.25) is 0 Å². The van der Waals surface area contributed by atoms with E-state index in [1.165, 1.54) is 6.07 Å². The molecular formula is C16H12F4N4O4. The molecule has 0 radical (unpaired) electrons. The first kappa shape index (κ1) is 18.2. The SMILES string of the molecule is O=C(c1cc(-c2ccc3c(c2)OCO3)n[nH]1)N1N=C(C(F)F)C[C@]1(O)C(F)F. The van der Waals surface area contributed by atoms with Crippen LogP contribution >= 0.6 is 0 Å². The molecule has 0 fully saturated rings. The van der Waals surface area contributed by atoms with Gasteiger partial charge in [0, 0.05) is 12.0 Å². The van der Waals surface area contributed by atoms with Gasteiger partial charge in [0.25, 0.3) is 18.8 Å². The summed E-state index contributed by atoms with van der Waals surface area (Å²) in [5.41, 5.74) is -3.69. The molecule has 148 valence electrons. The van der Waals surface area contributed by atoms with E-state index in [1.807, 2.05) is 0 Å². The van der Waals surface area contributed by atoms with Gasteiger partial charge in [-0.25, -0.2) is 17.6 Å². The Bertz CT molecular complexity index is 964. The number of aromatic amines is 1. The third-order valence-corrected chi connectivity index (χ3v) is 4.31. The predicted molar refractivity (Wildman–Crippen MR) is 85.3 cm³/mol. The molecule has 0 spiro atoms. The molecule has 1 atom stereocenters. The van der Waals surface area contributed by atoms with E-state index in [0.29, 0.717) is 17.1 Å². The van der Waals surface area contributed by atoms with Gasteiger partial charge in [-0.2, -0.15) is 15.2 Å². The van der Waals surface area contributed by atoms with Crippen molar-refractivity contribution >= 4 is 11.6 Å². The van der Waals surface area contributed by atoms with Crippen LogP contribution in [0.5, 0.6) is 11.5 Å². The molecular weight excluding hydrogens is 388 g/mol. The first-order chi connectivity index (χ1) is 13.3. The largest absolute Gasteiger partial charge is 0.454 e. The summed E-state index contributed by atoms with van der Waals surface area (Å²) in [6.07, 6.45) is -7.85. The molecule has 12 heteroatoms. The molecule has 2 N–H and O–H groups in total. The van der Waals surface area contributed by atoms with Crippen LogP contribution in [-0.4, -0.2) is 57.3 Å². The predicted octanol–water partition coefficient (Wildman–Crippen LogP) is 2.23. The summed E-state index contributed by atoms with van der Waals surface area (Å²) in [6.45, 7) is 0.0642. The molecule has 0 saturated heterocycles. The Morgan fingerprint density at radius 3 is 2.68 bits per heavy atom. The number of fused-ring (bicyclic) bond motifs is 1. The van der Waals surface area contributed by atoms with Crippen LogP contribution in [0.4, 0.5) is 17.6 Å². The summed E-state index contributed by atoms with van der Waals surface area (Å²) in [6, 6.07) is 6.09. The second kappa shape index (κ2) is 6.48. The van der Waals surface area contributed by atoms with Gasteiger partial charge in [-0.3, -0.25) is 9.89 Å². The topological polar surface area (TPSA) is 100 Å². The van der Waals surface area contributed by atoms with Crippen LogP contribution in [0.3, 0.4) is 0 Å². The molecule has 1 aromatic carbocycles. The molecule has 3 heterocycles. The molecule has 2 aromatic rings. The molecule has 2 aliphatic heterocycles. The smallest absolute Gasteiger partial charge is 0.294 e. The number of alkyl halides is 4. The van der Waals surface area contributed by atoms with Gasteiger partial charge >= 0.3 is 0 Å². The molecule has 2 aliphatic rings. The number of carbonyl (C=O) groups excluding carboxylic acids is 1. The fourth-order valence-electron chi connectivity index (χ4n) is 2.85. The van der Waals surface area contributed by atoms with Crippen molar-refractivity contribution in [2.45, 2.75) is 25.0 Å². The van der Waals surface area contributed by atoms with Crippen molar-refractivity contribution < 1.29 is 36.9 Å². The minimum atomic E-state index is -3.51. The van der Waals surface area contributed by atoms with Gasteiger partial charge in [-0.05, 0) is 24.3 Å². The Hall–Kier alpha value is -3.15. The summed E-state index contributed by atoms with van der Waals surface area (Å²) < 4.78 is 62.7. The van der Waals surface area contributed by atoms with Gasteiger partial charge in [0.05, 0.1) is 5.69 Å². The van der Waals surface area contributed by atoms with Crippen molar-refractivity contribution in [3.05, 3.63) is 30.0 Å². The Morgan fingerprint density at radius 2 is 1.96 bits per heavy atom. The number of aromatic nitrogens is 2. The van der Waals surface area contributed by atoms with Gasteiger partial charge in [0.2, 0.25) is 12.5 Å². The maximum atomic E-state index is 13.3. The zero-order valence-corrected chi connectivity index (χ0v) is 13.9. The molecule has 0 unspecified atom stereocenters. The molecule has 1 amide bonds. The molecule has 0 bridgehead atoms. The number of amides is 1. The Morgan fingerprint density at radius 1 is 1.21 bits per heavy atom. The number of H-pyrrole nitrogens is 1.